The molecular formula is C22H22FN5O3. The van der Waals surface area contributed by atoms with E-state index in [-0.39, 0.29) is 11.8 Å². The fourth-order valence-electron chi connectivity index (χ4n) is 3.24. The smallest absolute Gasteiger partial charge is 0.337 e. The average molecular weight is 423 g/mol. The first-order valence-corrected chi connectivity index (χ1v) is 9.81. The molecule has 160 valence electrons. The number of carbonyl (C=O) groups excluding carboxylic acids is 1. The molecule has 2 heterocycles. The third kappa shape index (κ3) is 4.89. The van der Waals surface area contributed by atoms with Gasteiger partial charge in [-0.3, -0.25) is 0 Å². The van der Waals surface area contributed by atoms with Crippen LogP contribution in [0.3, 0.4) is 0 Å². The second-order valence-electron chi connectivity index (χ2n) is 6.83. The number of esters is 1. The maximum Gasteiger partial charge on any atom is 0.337 e. The van der Waals surface area contributed by atoms with Gasteiger partial charge < -0.3 is 25.0 Å². The van der Waals surface area contributed by atoms with Crippen LogP contribution in [-0.4, -0.2) is 49.4 Å². The molecule has 1 aliphatic heterocycles. The maximum absolute atomic E-state index is 14.3. The maximum atomic E-state index is 14.3. The van der Waals surface area contributed by atoms with Crippen molar-refractivity contribution in [3.63, 3.8) is 0 Å². The Labute approximate surface area is 179 Å². The van der Waals surface area contributed by atoms with E-state index in [4.69, 9.17) is 4.74 Å². The number of rotatable bonds is 6. The standard InChI is InChI=1S/C22H22FN5O3/c1-30-21(29)15-6-8-16(9-7-15)25-20-17(23)14-24-22(27-20)26-18-4-2-3-5-19(18)28-10-12-31-13-11-28/h2-9,14H,10-13H2,1H3,(H2,24,25,26,27). The fourth-order valence-corrected chi connectivity index (χ4v) is 3.24. The van der Waals surface area contributed by atoms with Crippen LogP contribution in [0.5, 0.6) is 0 Å². The minimum atomic E-state index is -0.593. The van der Waals surface area contributed by atoms with E-state index in [0.29, 0.717) is 24.5 Å². The van der Waals surface area contributed by atoms with Gasteiger partial charge in [0.15, 0.2) is 11.6 Å². The van der Waals surface area contributed by atoms with Crippen molar-refractivity contribution in [2.24, 2.45) is 0 Å². The van der Waals surface area contributed by atoms with Gasteiger partial charge in [-0.2, -0.15) is 4.98 Å². The molecule has 0 saturated carbocycles. The van der Waals surface area contributed by atoms with Crippen molar-refractivity contribution in [1.29, 1.82) is 0 Å². The Bertz CT molecular complexity index is 1060. The third-order valence-corrected chi connectivity index (χ3v) is 4.82. The van der Waals surface area contributed by atoms with Gasteiger partial charge in [-0.25, -0.2) is 14.2 Å². The normalized spacial score (nSPS) is 13.5. The fraction of sp³-hybridized carbons (Fsp3) is 0.227. The van der Waals surface area contributed by atoms with Gasteiger partial charge in [0.05, 0.1) is 43.5 Å². The molecule has 0 unspecified atom stereocenters. The number of morpholine rings is 1. The van der Waals surface area contributed by atoms with Crippen LogP contribution in [-0.2, 0) is 9.47 Å². The Morgan fingerprint density at radius 2 is 1.84 bits per heavy atom. The zero-order chi connectivity index (χ0) is 21.6. The van der Waals surface area contributed by atoms with Gasteiger partial charge in [-0.1, -0.05) is 12.1 Å². The van der Waals surface area contributed by atoms with E-state index >= 15 is 0 Å². The highest BCUT2D eigenvalue weighted by atomic mass is 19.1. The van der Waals surface area contributed by atoms with Crippen LogP contribution in [0.25, 0.3) is 0 Å². The molecule has 4 rings (SSSR count). The number of nitrogens with zero attached hydrogens (tertiary/aromatic N) is 3. The van der Waals surface area contributed by atoms with Crippen molar-refractivity contribution in [2.75, 3.05) is 48.9 Å². The van der Waals surface area contributed by atoms with Crippen molar-refractivity contribution >= 4 is 34.8 Å². The molecule has 9 heteroatoms. The van der Waals surface area contributed by atoms with Crippen LogP contribution >= 0.6 is 0 Å². The van der Waals surface area contributed by atoms with E-state index in [1.54, 1.807) is 24.3 Å². The first-order chi connectivity index (χ1) is 15.1. The second kappa shape index (κ2) is 9.40. The molecule has 1 fully saturated rings. The van der Waals surface area contributed by atoms with Gasteiger partial charge in [0.25, 0.3) is 0 Å². The minimum Gasteiger partial charge on any atom is -0.465 e. The predicted octanol–water partition coefficient (Wildman–Crippen LogP) is 3.73. The molecule has 8 nitrogen and oxygen atoms in total. The average Bonchev–Trinajstić information content (AvgIpc) is 2.82. The van der Waals surface area contributed by atoms with Crippen LogP contribution < -0.4 is 15.5 Å². The number of methoxy groups -OCH3 is 1. The quantitative estimate of drug-likeness (QED) is 0.580. The first kappa shape index (κ1) is 20.5. The Morgan fingerprint density at radius 1 is 1.10 bits per heavy atom. The summed E-state index contributed by atoms with van der Waals surface area (Å²) < 4.78 is 24.4. The molecule has 0 amide bonds. The minimum absolute atomic E-state index is 0.0205. The molecule has 31 heavy (non-hydrogen) atoms. The number of hydrogen-bond donors (Lipinski definition) is 2. The Kier molecular flexibility index (Phi) is 6.23. The number of ether oxygens (including phenoxy) is 2. The van der Waals surface area contributed by atoms with Gasteiger partial charge in [0, 0.05) is 18.8 Å². The molecule has 2 aromatic carbocycles. The van der Waals surface area contributed by atoms with Gasteiger partial charge >= 0.3 is 5.97 Å². The van der Waals surface area contributed by atoms with E-state index in [9.17, 15) is 9.18 Å². The summed E-state index contributed by atoms with van der Waals surface area (Å²) >= 11 is 0. The largest absolute Gasteiger partial charge is 0.465 e. The molecular weight excluding hydrogens is 401 g/mol. The van der Waals surface area contributed by atoms with Gasteiger partial charge in [0.2, 0.25) is 5.95 Å². The molecule has 1 saturated heterocycles. The highest BCUT2D eigenvalue weighted by molar-refractivity contribution is 5.89. The molecule has 1 aromatic heterocycles. The number of hydrogen-bond acceptors (Lipinski definition) is 8. The molecule has 0 bridgehead atoms. The predicted molar refractivity (Wildman–Crippen MR) is 116 cm³/mol. The van der Waals surface area contributed by atoms with Crippen LogP contribution in [0.4, 0.5) is 33.2 Å². The van der Waals surface area contributed by atoms with Crippen LogP contribution in [0.1, 0.15) is 10.4 Å². The number of para-hydroxylation sites is 2. The topological polar surface area (TPSA) is 88.6 Å². The number of halogens is 1. The Hall–Kier alpha value is -3.72. The van der Waals surface area contributed by atoms with Crippen LogP contribution in [0.2, 0.25) is 0 Å². The van der Waals surface area contributed by atoms with Gasteiger partial charge in [-0.05, 0) is 36.4 Å². The lowest BCUT2D eigenvalue weighted by molar-refractivity contribution is 0.0600. The lowest BCUT2D eigenvalue weighted by Crippen LogP contribution is -2.36. The number of carbonyl (C=O) groups is 1. The molecule has 0 atom stereocenters. The monoisotopic (exact) mass is 423 g/mol. The SMILES string of the molecule is COC(=O)c1ccc(Nc2nc(Nc3ccccc3N3CCOCC3)ncc2F)cc1. The molecule has 1 aliphatic rings. The summed E-state index contributed by atoms with van der Waals surface area (Å²) in [6.45, 7) is 2.92. The van der Waals surface area contributed by atoms with E-state index in [2.05, 4.69) is 30.2 Å². The summed E-state index contributed by atoms with van der Waals surface area (Å²) in [6.07, 6.45) is 1.11. The van der Waals surface area contributed by atoms with E-state index < -0.39 is 11.8 Å². The number of aromatic nitrogens is 2. The summed E-state index contributed by atoms with van der Waals surface area (Å²) in [5, 5.41) is 6.10. The van der Waals surface area contributed by atoms with Crippen molar-refractivity contribution in [3.05, 3.63) is 66.1 Å². The molecule has 0 aliphatic carbocycles. The summed E-state index contributed by atoms with van der Waals surface area (Å²) in [5.74, 6) is -0.753. The van der Waals surface area contributed by atoms with Crippen LogP contribution in [0, 0.1) is 5.82 Å². The van der Waals surface area contributed by atoms with Gasteiger partial charge in [0.1, 0.15) is 0 Å². The van der Waals surface area contributed by atoms with Crippen molar-refractivity contribution in [3.8, 4) is 0 Å². The molecule has 0 radical (unpaired) electrons. The number of anilines is 5. The summed E-state index contributed by atoms with van der Waals surface area (Å²) in [7, 11) is 1.32. The van der Waals surface area contributed by atoms with Crippen molar-refractivity contribution in [1.82, 2.24) is 9.97 Å². The highest BCUT2D eigenvalue weighted by Gasteiger charge is 2.16. The number of nitrogens with one attached hydrogen (secondary N) is 2. The lowest BCUT2D eigenvalue weighted by atomic mass is 10.2. The highest BCUT2D eigenvalue weighted by Crippen LogP contribution is 2.29. The Balaban J connectivity index is 1.53. The molecule has 0 spiro atoms. The zero-order valence-corrected chi connectivity index (χ0v) is 17.0. The van der Waals surface area contributed by atoms with E-state index in [1.165, 1.54) is 7.11 Å². The third-order valence-electron chi connectivity index (χ3n) is 4.82. The first-order valence-electron chi connectivity index (χ1n) is 9.81. The summed E-state index contributed by atoms with van der Waals surface area (Å²) in [5.41, 5.74) is 2.80. The Morgan fingerprint density at radius 3 is 2.58 bits per heavy atom. The summed E-state index contributed by atoms with van der Waals surface area (Å²) in [6, 6.07) is 14.3. The van der Waals surface area contributed by atoms with Crippen LogP contribution in [0.15, 0.2) is 54.7 Å². The molecule has 3 aromatic rings. The zero-order valence-electron chi connectivity index (χ0n) is 17.0. The van der Waals surface area contributed by atoms with E-state index in [0.717, 1.165) is 30.7 Å². The van der Waals surface area contributed by atoms with Crippen molar-refractivity contribution in [2.45, 2.75) is 0 Å². The van der Waals surface area contributed by atoms with Crippen molar-refractivity contribution < 1.29 is 18.7 Å². The lowest BCUT2D eigenvalue weighted by Gasteiger charge is -2.30. The summed E-state index contributed by atoms with van der Waals surface area (Å²) in [4.78, 5) is 22.1. The molecule has 2 N–H and O–H groups in total. The van der Waals surface area contributed by atoms with E-state index in [1.807, 2.05) is 24.3 Å². The number of benzene rings is 2. The second-order valence-corrected chi connectivity index (χ2v) is 6.83. The van der Waals surface area contributed by atoms with Gasteiger partial charge in [-0.15, -0.1) is 0 Å².